The van der Waals surface area contributed by atoms with Crippen LogP contribution in [0.1, 0.15) is 30.9 Å². The number of pyridine rings is 2. The number of nitrogens with zero attached hydrogens (tertiary/aromatic N) is 4. The van der Waals surface area contributed by atoms with E-state index in [1.807, 2.05) is 12.1 Å². The van der Waals surface area contributed by atoms with Gasteiger partial charge in [-0.3, -0.25) is 4.79 Å². The van der Waals surface area contributed by atoms with Crippen molar-refractivity contribution in [2.45, 2.75) is 6.42 Å². The van der Waals surface area contributed by atoms with Crippen LogP contribution in [0.2, 0.25) is 0 Å². The molecule has 1 fully saturated rings. The van der Waals surface area contributed by atoms with E-state index in [9.17, 15) is 4.79 Å². The SMILES string of the molecule is C=Cc1cnc(N)c(C(=O)c2cccc(N3CCCN(C)CC3)n2)c1.[HH].[HH]. The molecule has 0 amide bonds. The van der Waals surface area contributed by atoms with Gasteiger partial charge in [0.1, 0.15) is 17.3 Å². The highest BCUT2D eigenvalue weighted by atomic mass is 16.1. The maximum absolute atomic E-state index is 12.8. The number of carbonyl (C=O) groups is 1. The molecule has 2 aromatic heterocycles. The Labute approximate surface area is 151 Å². The van der Waals surface area contributed by atoms with Crippen molar-refractivity contribution in [2.24, 2.45) is 0 Å². The van der Waals surface area contributed by atoms with E-state index in [0.29, 0.717) is 11.3 Å². The van der Waals surface area contributed by atoms with E-state index in [0.717, 1.165) is 44.0 Å². The summed E-state index contributed by atoms with van der Waals surface area (Å²) < 4.78 is 0. The molecule has 134 valence electrons. The number of nitrogen functional groups attached to an aromatic ring is 1. The molecule has 0 radical (unpaired) electrons. The van der Waals surface area contributed by atoms with Crippen molar-refractivity contribution < 1.29 is 7.65 Å². The summed E-state index contributed by atoms with van der Waals surface area (Å²) in [6.07, 6.45) is 4.31. The molecular weight excluding hydrogens is 314 g/mol. The molecule has 1 aliphatic heterocycles. The normalized spacial score (nSPS) is 15.6. The standard InChI is InChI=1S/C19H23N5O.2H2/c1-3-14-12-15(19(20)21-13-14)18(25)16-6-4-7-17(22-16)24-9-5-8-23(2)10-11-24;;/h3-4,6-7,12-13H,1,5,8-11H2,2H3,(H2,20,21);2*1H. The molecule has 1 saturated heterocycles. The lowest BCUT2D eigenvalue weighted by Gasteiger charge is -2.22. The third kappa shape index (κ3) is 3.85. The highest BCUT2D eigenvalue weighted by Crippen LogP contribution is 2.19. The van der Waals surface area contributed by atoms with Crippen molar-refractivity contribution in [3.63, 3.8) is 0 Å². The Bertz CT molecular complexity index is 799. The zero-order chi connectivity index (χ0) is 17.8. The zero-order valence-corrected chi connectivity index (χ0v) is 14.5. The Hall–Kier alpha value is -2.73. The number of aromatic nitrogens is 2. The van der Waals surface area contributed by atoms with E-state index in [2.05, 4.69) is 33.4 Å². The van der Waals surface area contributed by atoms with Gasteiger partial charge in [0.05, 0.1) is 5.56 Å². The van der Waals surface area contributed by atoms with Gasteiger partial charge < -0.3 is 15.5 Å². The van der Waals surface area contributed by atoms with Crippen LogP contribution in [-0.4, -0.2) is 53.9 Å². The van der Waals surface area contributed by atoms with Crippen LogP contribution < -0.4 is 10.6 Å². The number of anilines is 2. The lowest BCUT2D eigenvalue weighted by molar-refractivity contribution is 0.103. The van der Waals surface area contributed by atoms with Gasteiger partial charge in [-0.25, -0.2) is 9.97 Å². The molecular formula is C19H27N5O. The summed E-state index contributed by atoms with van der Waals surface area (Å²) in [5.41, 5.74) is 7.38. The molecule has 0 unspecified atom stereocenters. The second-order valence-corrected chi connectivity index (χ2v) is 6.26. The molecule has 1 aliphatic rings. The van der Waals surface area contributed by atoms with Gasteiger partial charge in [0, 0.05) is 28.7 Å². The molecule has 0 saturated carbocycles. The Morgan fingerprint density at radius 3 is 2.96 bits per heavy atom. The Balaban J connectivity index is 0.00000182. The predicted molar refractivity (Wildman–Crippen MR) is 105 cm³/mol. The summed E-state index contributed by atoms with van der Waals surface area (Å²) >= 11 is 0. The van der Waals surface area contributed by atoms with Crippen molar-refractivity contribution in [2.75, 3.05) is 43.9 Å². The maximum Gasteiger partial charge on any atom is 0.215 e. The number of likely N-dealkylation sites (N-methyl/N-ethyl adjacent to an activating group) is 1. The monoisotopic (exact) mass is 341 g/mol. The number of rotatable bonds is 4. The number of hydrogen-bond acceptors (Lipinski definition) is 6. The first-order valence-electron chi connectivity index (χ1n) is 8.41. The number of ketones is 1. The summed E-state index contributed by atoms with van der Waals surface area (Å²) in [7, 11) is 2.12. The molecule has 6 nitrogen and oxygen atoms in total. The third-order valence-electron chi connectivity index (χ3n) is 4.43. The van der Waals surface area contributed by atoms with Gasteiger partial charge in [0.25, 0.3) is 0 Å². The van der Waals surface area contributed by atoms with Crippen LogP contribution in [0.3, 0.4) is 0 Å². The van der Waals surface area contributed by atoms with Gasteiger partial charge in [-0.2, -0.15) is 0 Å². The molecule has 0 bridgehead atoms. The van der Waals surface area contributed by atoms with Crippen molar-refractivity contribution in [1.82, 2.24) is 14.9 Å². The van der Waals surface area contributed by atoms with Crippen LogP contribution >= 0.6 is 0 Å². The van der Waals surface area contributed by atoms with Crippen LogP contribution in [0.15, 0.2) is 37.0 Å². The lowest BCUT2D eigenvalue weighted by Crippen LogP contribution is -2.29. The summed E-state index contributed by atoms with van der Waals surface area (Å²) in [6, 6.07) is 7.23. The highest BCUT2D eigenvalue weighted by molar-refractivity contribution is 6.10. The fourth-order valence-corrected chi connectivity index (χ4v) is 2.92. The zero-order valence-electron chi connectivity index (χ0n) is 14.5. The first kappa shape index (κ1) is 17.1. The average Bonchev–Trinajstić information content (AvgIpc) is 2.86. The summed E-state index contributed by atoms with van der Waals surface area (Å²) in [5.74, 6) is 0.814. The van der Waals surface area contributed by atoms with E-state index in [-0.39, 0.29) is 14.5 Å². The van der Waals surface area contributed by atoms with Crippen molar-refractivity contribution in [1.29, 1.82) is 0 Å². The van der Waals surface area contributed by atoms with E-state index in [1.54, 1.807) is 24.4 Å². The molecule has 0 spiro atoms. The van der Waals surface area contributed by atoms with Crippen LogP contribution in [-0.2, 0) is 0 Å². The molecule has 0 atom stereocenters. The van der Waals surface area contributed by atoms with Gasteiger partial charge in [-0.1, -0.05) is 18.7 Å². The number of hydrogen-bond donors (Lipinski definition) is 1. The van der Waals surface area contributed by atoms with Crippen molar-refractivity contribution in [3.8, 4) is 0 Å². The smallest absolute Gasteiger partial charge is 0.215 e. The first-order chi connectivity index (χ1) is 12.1. The largest absolute Gasteiger partial charge is 0.383 e. The lowest BCUT2D eigenvalue weighted by atomic mass is 10.1. The number of nitrogens with two attached hydrogens (primary N) is 1. The minimum atomic E-state index is -0.220. The maximum atomic E-state index is 12.8. The summed E-state index contributed by atoms with van der Waals surface area (Å²) in [5, 5.41) is 0. The second kappa shape index (κ2) is 7.44. The minimum absolute atomic E-state index is 0. The molecule has 2 N–H and O–H groups in total. The van der Waals surface area contributed by atoms with Crippen molar-refractivity contribution in [3.05, 3.63) is 53.9 Å². The molecule has 2 aromatic rings. The van der Waals surface area contributed by atoms with Gasteiger partial charge in [-0.15, -0.1) is 0 Å². The van der Waals surface area contributed by atoms with Gasteiger partial charge >= 0.3 is 0 Å². The predicted octanol–water partition coefficient (Wildman–Crippen LogP) is 2.57. The molecule has 3 heterocycles. The number of carbonyl (C=O) groups excluding carboxylic acids is 1. The molecule has 6 heteroatoms. The van der Waals surface area contributed by atoms with Gasteiger partial charge in [-0.05, 0) is 43.8 Å². The molecule has 0 aliphatic carbocycles. The van der Waals surface area contributed by atoms with Crippen LogP contribution in [0.25, 0.3) is 6.08 Å². The fourth-order valence-electron chi connectivity index (χ4n) is 2.92. The van der Waals surface area contributed by atoms with Gasteiger partial charge in [0.15, 0.2) is 0 Å². The second-order valence-electron chi connectivity index (χ2n) is 6.26. The minimum Gasteiger partial charge on any atom is -0.383 e. The molecule has 0 aromatic carbocycles. The first-order valence-corrected chi connectivity index (χ1v) is 8.41. The van der Waals surface area contributed by atoms with Gasteiger partial charge in [0.2, 0.25) is 5.78 Å². The van der Waals surface area contributed by atoms with Crippen LogP contribution in [0.5, 0.6) is 0 Å². The topological polar surface area (TPSA) is 75.3 Å². The summed E-state index contributed by atoms with van der Waals surface area (Å²) in [4.78, 5) is 26.0. The van der Waals surface area contributed by atoms with E-state index >= 15 is 0 Å². The summed E-state index contributed by atoms with van der Waals surface area (Å²) in [6.45, 7) is 7.60. The highest BCUT2D eigenvalue weighted by Gasteiger charge is 2.18. The quantitative estimate of drug-likeness (QED) is 0.862. The fraction of sp³-hybridized carbons (Fsp3) is 0.316. The van der Waals surface area contributed by atoms with E-state index in [1.165, 1.54) is 0 Å². The Kier molecular flexibility index (Phi) is 5.09. The van der Waals surface area contributed by atoms with Crippen LogP contribution in [0, 0.1) is 0 Å². The average molecular weight is 341 g/mol. The van der Waals surface area contributed by atoms with Crippen LogP contribution in [0.4, 0.5) is 11.6 Å². The third-order valence-corrected chi connectivity index (χ3v) is 4.43. The van der Waals surface area contributed by atoms with E-state index in [4.69, 9.17) is 5.73 Å². The Morgan fingerprint density at radius 1 is 1.32 bits per heavy atom. The molecule has 3 rings (SSSR count). The Morgan fingerprint density at radius 2 is 2.16 bits per heavy atom. The molecule has 25 heavy (non-hydrogen) atoms. The van der Waals surface area contributed by atoms with Crippen molar-refractivity contribution >= 4 is 23.5 Å². The van der Waals surface area contributed by atoms with E-state index < -0.39 is 0 Å².